The minimum atomic E-state index is -0.0462. The zero-order chi connectivity index (χ0) is 14.4. The second-order valence-electron chi connectivity index (χ2n) is 4.54. The lowest BCUT2D eigenvalue weighted by Crippen LogP contribution is -2.30. The van der Waals surface area contributed by atoms with Crippen molar-refractivity contribution < 1.29 is 4.79 Å². The van der Waals surface area contributed by atoms with Gasteiger partial charge in [0.25, 0.3) is 0 Å². The van der Waals surface area contributed by atoms with E-state index in [1.807, 2.05) is 61.5 Å². The molecule has 0 saturated carbocycles. The molecule has 2 rings (SSSR count). The molecule has 0 fully saturated rings. The predicted molar refractivity (Wildman–Crippen MR) is 85.6 cm³/mol. The molecule has 1 atom stereocenters. The van der Waals surface area contributed by atoms with E-state index in [4.69, 9.17) is 0 Å². The maximum Gasteiger partial charge on any atom is 0.238 e. The summed E-state index contributed by atoms with van der Waals surface area (Å²) in [5.74, 6) is -0.0462. The van der Waals surface area contributed by atoms with Crippen LogP contribution in [0.2, 0.25) is 0 Å². The van der Waals surface area contributed by atoms with Crippen molar-refractivity contribution in [1.29, 1.82) is 0 Å². The second-order valence-corrected chi connectivity index (χ2v) is 5.39. The zero-order valence-corrected chi connectivity index (χ0v) is 12.9. The maximum absolute atomic E-state index is 11.8. The summed E-state index contributed by atoms with van der Waals surface area (Å²) >= 11 is 3.52. The highest BCUT2D eigenvalue weighted by Crippen LogP contribution is 2.22. The molecular formula is C16H17BrN2O. The van der Waals surface area contributed by atoms with Crippen molar-refractivity contribution in [3.63, 3.8) is 0 Å². The van der Waals surface area contributed by atoms with E-state index in [0.29, 0.717) is 0 Å². The third-order valence-electron chi connectivity index (χ3n) is 3.00. The Morgan fingerprint density at radius 2 is 1.75 bits per heavy atom. The Balaban J connectivity index is 1.86. The van der Waals surface area contributed by atoms with Crippen LogP contribution in [0.1, 0.15) is 18.5 Å². The molecule has 2 aromatic rings. The highest BCUT2D eigenvalue weighted by Gasteiger charge is 2.10. The molecule has 4 heteroatoms. The number of para-hydroxylation sites is 1. The molecular weight excluding hydrogens is 316 g/mol. The number of hydrogen-bond acceptors (Lipinski definition) is 2. The fourth-order valence-corrected chi connectivity index (χ4v) is 2.54. The van der Waals surface area contributed by atoms with Crippen LogP contribution < -0.4 is 10.6 Å². The van der Waals surface area contributed by atoms with Crippen LogP contribution in [0.15, 0.2) is 59.1 Å². The van der Waals surface area contributed by atoms with Gasteiger partial charge in [-0.25, -0.2) is 0 Å². The molecule has 0 heterocycles. The molecule has 0 aliphatic carbocycles. The Hall–Kier alpha value is -1.65. The number of hydrogen-bond donors (Lipinski definition) is 2. The fourth-order valence-electron chi connectivity index (χ4n) is 1.91. The molecule has 0 aliphatic rings. The van der Waals surface area contributed by atoms with Gasteiger partial charge in [0.2, 0.25) is 5.91 Å². The standard InChI is InChI=1S/C16H17BrN2O/c1-12(14-9-5-6-10-15(14)17)18-11-16(20)19-13-7-3-2-4-8-13/h2-10,12,18H,11H2,1H3,(H,19,20)/t12-/m1/s1. The Morgan fingerprint density at radius 1 is 1.10 bits per heavy atom. The molecule has 2 N–H and O–H groups in total. The van der Waals surface area contributed by atoms with Gasteiger partial charge in [0, 0.05) is 16.2 Å². The van der Waals surface area contributed by atoms with Gasteiger partial charge in [-0.2, -0.15) is 0 Å². The summed E-state index contributed by atoms with van der Waals surface area (Å²) in [6, 6.07) is 17.6. The average Bonchev–Trinajstić information content (AvgIpc) is 2.46. The third-order valence-corrected chi connectivity index (χ3v) is 3.72. The lowest BCUT2D eigenvalue weighted by molar-refractivity contribution is -0.115. The van der Waals surface area contributed by atoms with E-state index in [0.717, 1.165) is 15.7 Å². The molecule has 0 aliphatic heterocycles. The quantitative estimate of drug-likeness (QED) is 0.875. The summed E-state index contributed by atoms with van der Waals surface area (Å²) in [5, 5.41) is 6.07. The van der Waals surface area contributed by atoms with Crippen molar-refractivity contribution in [2.75, 3.05) is 11.9 Å². The lowest BCUT2D eigenvalue weighted by atomic mass is 10.1. The van der Waals surface area contributed by atoms with Gasteiger partial charge in [-0.3, -0.25) is 4.79 Å². The first kappa shape index (κ1) is 14.8. The maximum atomic E-state index is 11.8. The van der Waals surface area contributed by atoms with Gasteiger partial charge < -0.3 is 10.6 Å². The van der Waals surface area contributed by atoms with Crippen molar-refractivity contribution >= 4 is 27.5 Å². The smallest absolute Gasteiger partial charge is 0.238 e. The Labute approximate surface area is 127 Å². The number of carbonyl (C=O) groups excluding carboxylic acids is 1. The molecule has 0 radical (unpaired) electrons. The van der Waals surface area contributed by atoms with Gasteiger partial charge in [0.15, 0.2) is 0 Å². The third kappa shape index (κ3) is 4.18. The number of benzene rings is 2. The van der Waals surface area contributed by atoms with Crippen LogP contribution in [0.25, 0.3) is 0 Å². The highest BCUT2D eigenvalue weighted by atomic mass is 79.9. The first-order chi connectivity index (χ1) is 9.66. The summed E-state index contributed by atoms with van der Waals surface area (Å²) in [6.45, 7) is 2.31. The summed E-state index contributed by atoms with van der Waals surface area (Å²) in [7, 11) is 0. The van der Waals surface area contributed by atoms with E-state index in [2.05, 4.69) is 26.6 Å². The van der Waals surface area contributed by atoms with Crippen molar-refractivity contribution in [1.82, 2.24) is 5.32 Å². The largest absolute Gasteiger partial charge is 0.325 e. The van der Waals surface area contributed by atoms with Gasteiger partial charge in [0.05, 0.1) is 6.54 Å². The highest BCUT2D eigenvalue weighted by molar-refractivity contribution is 9.10. The summed E-state index contributed by atoms with van der Waals surface area (Å²) in [6.07, 6.45) is 0. The second kappa shape index (κ2) is 7.22. The zero-order valence-electron chi connectivity index (χ0n) is 11.3. The molecule has 2 aromatic carbocycles. The SMILES string of the molecule is C[C@@H](NCC(=O)Nc1ccccc1)c1ccccc1Br. The van der Waals surface area contributed by atoms with E-state index in [1.165, 1.54) is 0 Å². The van der Waals surface area contributed by atoms with Crippen molar-refractivity contribution in [3.05, 3.63) is 64.6 Å². The number of anilines is 1. The van der Waals surface area contributed by atoms with Gasteiger partial charge in [-0.15, -0.1) is 0 Å². The molecule has 0 unspecified atom stereocenters. The van der Waals surface area contributed by atoms with Crippen LogP contribution in [-0.2, 0) is 4.79 Å². The lowest BCUT2D eigenvalue weighted by Gasteiger charge is -2.15. The molecule has 0 aromatic heterocycles. The van der Waals surface area contributed by atoms with Crippen LogP contribution in [0.5, 0.6) is 0 Å². The van der Waals surface area contributed by atoms with E-state index in [9.17, 15) is 4.79 Å². The van der Waals surface area contributed by atoms with Gasteiger partial charge in [-0.1, -0.05) is 52.3 Å². The van der Waals surface area contributed by atoms with E-state index >= 15 is 0 Å². The summed E-state index contributed by atoms with van der Waals surface area (Å²) in [4.78, 5) is 11.8. The van der Waals surface area contributed by atoms with Crippen molar-refractivity contribution in [2.24, 2.45) is 0 Å². The molecule has 0 spiro atoms. The van der Waals surface area contributed by atoms with Crippen LogP contribution in [-0.4, -0.2) is 12.5 Å². The molecule has 104 valence electrons. The molecule has 1 amide bonds. The number of amides is 1. The normalized spacial score (nSPS) is 11.9. The van der Waals surface area contributed by atoms with Crippen LogP contribution >= 0.6 is 15.9 Å². The van der Waals surface area contributed by atoms with E-state index in [-0.39, 0.29) is 18.5 Å². The average molecular weight is 333 g/mol. The molecule has 0 bridgehead atoms. The number of carbonyl (C=O) groups is 1. The van der Waals surface area contributed by atoms with Crippen LogP contribution in [0, 0.1) is 0 Å². The number of rotatable bonds is 5. The fraction of sp³-hybridized carbons (Fsp3) is 0.188. The predicted octanol–water partition coefficient (Wildman–Crippen LogP) is 3.74. The first-order valence-electron chi connectivity index (χ1n) is 6.49. The number of halogens is 1. The van der Waals surface area contributed by atoms with Crippen LogP contribution in [0.3, 0.4) is 0 Å². The minimum absolute atomic E-state index is 0.0462. The Kier molecular flexibility index (Phi) is 5.32. The topological polar surface area (TPSA) is 41.1 Å². The van der Waals surface area contributed by atoms with Crippen molar-refractivity contribution in [3.8, 4) is 0 Å². The van der Waals surface area contributed by atoms with Crippen LogP contribution in [0.4, 0.5) is 5.69 Å². The molecule has 20 heavy (non-hydrogen) atoms. The van der Waals surface area contributed by atoms with Gasteiger partial charge in [0.1, 0.15) is 0 Å². The Bertz CT molecular complexity index is 572. The van der Waals surface area contributed by atoms with E-state index < -0.39 is 0 Å². The van der Waals surface area contributed by atoms with Crippen molar-refractivity contribution in [2.45, 2.75) is 13.0 Å². The van der Waals surface area contributed by atoms with E-state index in [1.54, 1.807) is 0 Å². The number of nitrogens with one attached hydrogen (secondary N) is 2. The van der Waals surface area contributed by atoms with Gasteiger partial charge >= 0.3 is 0 Å². The molecule has 0 saturated heterocycles. The summed E-state index contributed by atoms with van der Waals surface area (Å²) < 4.78 is 1.04. The monoisotopic (exact) mass is 332 g/mol. The van der Waals surface area contributed by atoms with Gasteiger partial charge in [-0.05, 0) is 30.7 Å². The Morgan fingerprint density at radius 3 is 2.45 bits per heavy atom. The molecule has 3 nitrogen and oxygen atoms in total. The first-order valence-corrected chi connectivity index (χ1v) is 7.29. The summed E-state index contributed by atoms with van der Waals surface area (Å²) in [5.41, 5.74) is 1.95. The minimum Gasteiger partial charge on any atom is -0.325 e.